The minimum atomic E-state index is -3.61. The van der Waals surface area contributed by atoms with Gasteiger partial charge in [0, 0.05) is 22.8 Å². The third-order valence-electron chi connectivity index (χ3n) is 5.08. The monoisotopic (exact) mass is 456 g/mol. The number of nitrogens with zero attached hydrogens (tertiary/aromatic N) is 1. The van der Waals surface area contributed by atoms with Crippen LogP contribution in [-0.4, -0.2) is 44.8 Å². The number of hydrogen-bond donors (Lipinski definition) is 1. The normalized spacial score (nSPS) is 17.9. The third-order valence-corrected chi connectivity index (χ3v) is 9.53. The number of methoxy groups -OCH3 is 1. The van der Waals surface area contributed by atoms with Crippen LogP contribution in [0.25, 0.3) is 0 Å². The number of rotatable bonds is 5. The van der Waals surface area contributed by atoms with Crippen LogP contribution in [0.15, 0.2) is 16.3 Å². The van der Waals surface area contributed by atoms with Crippen molar-refractivity contribution in [1.82, 2.24) is 4.31 Å². The molecule has 0 unspecified atom stereocenters. The number of ether oxygens (including phenoxy) is 1. The summed E-state index contributed by atoms with van der Waals surface area (Å²) in [6, 6.07) is 3.39. The van der Waals surface area contributed by atoms with Crippen molar-refractivity contribution in [3.63, 3.8) is 0 Å². The zero-order valence-corrected chi connectivity index (χ0v) is 19.2. The highest BCUT2D eigenvalue weighted by molar-refractivity contribution is 7.91. The molecule has 0 bridgehead atoms. The highest BCUT2D eigenvalue weighted by atomic mass is 32.2. The Hall–Kier alpha value is -1.75. The Balaban J connectivity index is 1.77. The molecule has 3 heterocycles. The number of aryl methyl sites for hydroxylation is 2. The first-order valence-corrected chi connectivity index (χ1v) is 12.3. The molecular formula is C19H24N2O5S3. The van der Waals surface area contributed by atoms with E-state index in [1.165, 1.54) is 34.1 Å². The minimum Gasteiger partial charge on any atom is -0.465 e. The van der Waals surface area contributed by atoms with Crippen molar-refractivity contribution in [2.45, 2.75) is 37.8 Å². The lowest BCUT2D eigenvalue weighted by atomic mass is 9.99. The van der Waals surface area contributed by atoms with Gasteiger partial charge < -0.3 is 10.1 Å². The van der Waals surface area contributed by atoms with Gasteiger partial charge in [-0.05, 0) is 51.3 Å². The lowest BCUT2D eigenvalue weighted by Crippen LogP contribution is -2.43. The Bertz CT molecular complexity index is 1040. The third kappa shape index (κ3) is 4.40. The first kappa shape index (κ1) is 21.9. The molecule has 29 heavy (non-hydrogen) atoms. The maximum absolute atomic E-state index is 12.9. The predicted molar refractivity (Wildman–Crippen MR) is 114 cm³/mol. The van der Waals surface area contributed by atoms with E-state index in [0.29, 0.717) is 34.2 Å². The Morgan fingerprint density at radius 3 is 2.55 bits per heavy atom. The van der Waals surface area contributed by atoms with Gasteiger partial charge in [-0.1, -0.05) is 0 Å². The van der Waals surface area contributed by atoms with Crippen LogP contribution in [0.2, 0.25) is 0 Å². The van der Waals surface area contributed by atoms with Crippen molar-refractivity contribution in [2.24, 2.45) is 5.92 Å². The standard InChI is InChI=1S/C19H24N2O5S3/c1-11-7-8-15(27-11)29(24,25)21-9-5-6-14(10-21)17(22)20-18-16(19(23)26-4)12(2)13(3)28-18/h7-8,14H,5-6,9-10H2,1-4H3,(H,20,22)/t14-/m1/s1. The molecule has 0 aromatic carbocycles. The van der Waals surface area contributed by atoms with E-state index in [9.17, 15) is 18.0 Å². The number of carbonyl (C=O) groups is 2. The van der Waals surface area contributed by atoms with Crippen LogP contribution >= 0.6 is 22.7 Å². The number of piperidine rings is 1. The predicted octanol–water partition coefficient (Wildman–Crippen LogP) is 3.56. The fourth-order valence-electron chi connectivity index (χ4n) is 3.33. The summed E-state index contributed by atoms with van der Waals surface area (Å²) in [6.45, 7) is 6.07. The van der Waals surface area contributed by atoms with Crippen LogP contribution in [0.5, 0.6) is 0 Å². The van der Waals surface area contributed by atoms with Gasteiger partial charge in [0.25, 0.3) is 10.0 Å². The maximum atomic E-state index is 12.9. The smallest absolute Gasteiger partial charge is 0.341 e. The number of amides is 1. The van der Waals surface area contributed by atoms with Gasteiger partial charge in [0.2, 0.25) is 5.91 Å². The van der Waals surface area contributed by atoms with Crippen LogP contribution in [0, 0.1) is 26.7 Å². The fourth-order valence-corrected chi connectivity index (χ4v) is 7.34. The zero-order valence-electron chi connectivity index (χ0n) is 16.8. The van der Waals surface area contributed by atoms with Crippen molar-refractivity contribution in [3.8, 4) is 0 Å². The largest absolute Gasteiger partial charge is 0.465 e. The van der Waals surface area contributed by atoms with Crippen molar-refractivity contribution in [3.05, 3.63) is 33.0 Å². The number of carbonyl (C=O) groups excluding carboxylic acids is 2. The number of sulfonamides is 1. The highest BCUT2D eigenvalue weighted by Gasteiger charge is 2.34. The Morgan fingerprint density at radius 1 is 1.21 bits per heavy atom. The molecule has 0 spiro atoms. The first-order valence-electron chi connectivity index (χ1n) is 9.21. The Morgan fingerprint density at radius 2 is 1.93 bits per heavy atom. The summed E-state index contributed by atoms with van der Waals surface area (Å²) in [6.07, 6.45) is 1.20. The summed E-state index contributed by atoms with van der Waals surface area (Å²) < 4.78 is 32.3. The number of anilines is 1. The lowest BCUT2D eigenvalue weighted by molar-refractivity contribution is -0.120. The van der Waals surface area contributed by atoms with Crippen molar-refractivity contribution >= 4 is 49.6 Å². The quantitative estimate of drug-likeness (QED) is 0.695. The maximum Gasteiger partial charge on any atom is 0.341 e. The van der Waals surface area contributed by atoms with Gasteiger partial charge in [-0.2, -0.15) is 4.31 Å². The second-order valence-corrected chi connectivity index (χ2v) is 11.7. The summed E-state index contributed by atoms with van der Waals surface area (Å²) in [4.78, 5) is 26.8. The zero-order chi connectivity index (χ0) is 21.3. The number of esters is 1. The summed E-state index contributed by atoms with van der Waals surface area (Å²) >= 11 is 2.55. The average molecular weight is 457 g/mol. The van der Waals surface area contributed by atoms with Crippen molar-refractivity contribution in [1.29, 1.82) is 0 Å². The summed E-state index contributed by atoms with van der Waals surface area (Å²) in [5.41, 5.74) is 1.13. The fraction of sp³-hybridized carbons (Fsp3) is 0.474. The number of thiophene rings is 2. The van der Waals surface area contributed by atoms with Crippen LogP contribution in [0.3, 0.4) is 0 Å². The molecular weight excluding hydrogens is 432 g/mol. The molecule has 2 aromatic rings. The molecule has 0 saturated carbocycles. The van der Waals surface area contributed by atoms with E-state index in [0.717, 1.165) is 15.3 Å². The first-order chi connectivity index (χ1) is 13.6. The van der Waals surface area contributed by atoms with Crippen LogP contribution in [0.4, 0.5) is 5.00 Å². The molecule has 10 heteroatoms. The van der Waals surface area contributed by atoms with Gasteiger partial charge in [-0.15, -0.1) is 22.7 Å². The lowest BCUT2D eigenvalue weighted by Gasteiger charge is -2.30. The van der Waals surface area contributed by atoms with E-state index < -0.39 is 21.9 Å². The molecule has 7 nitrogen and oxygen atoms in total. The number of nitrogens with one attached hydrogen (secondary N) is 1. The van der Waals surface area contributed by atoms with E-state index in [4.69, 9.17) is 4.74 Å². The molecule has 2 aromatic heterocycles. The van der Waals surface area contributed by atoms with Crippen molar-refractivity contribution < 1.29 is 22.7 Å². The van der Waals surface area contributed by atoms with E-state index >= 15 is 0 Å². The SMILES string of the molecule is COC(=O)c1c(NC(=O)[C@@H]2CCCN(S(=O)(=O)c3ccc(C)s3)C2)sc(C)c1C. The molecule has 1 aliphatic heterocycles. The second kappa shape index (κ2) is 8.55. The molecule has 1 aliphatic rings. The Labute approximate surface area is 178 Å². The molecule has 1 fully saturated rings. The van der Waals surface area contributed by atoms with E-state index in [-0.39, 0.29) is 12.5 Å². The number of hydrogen-bond acceptors (Lipinski definition) is 7. The molecule has 158 valence electrons. The van der Waals surface area contributed by atoms with Crippen LogP contribution in [0.1, 0.15) is 38.5 Å². The topological polar surface area (TPSA) is 92.8 Å². The molecule has 1 saturated heterocycles. The molecule has 1 amide bonds. The molecule has 0 radical (unpaired) electrons. The van der Waals surface area contributed by atoms with Gasteiger partial charge in [0.1, 0.15) is 9.21 Å². The van der Waals surface area contributed by atoms with E-state index in [1.54, 1.807) is 12.1 Å². The molecule has 3 rings (SSSR count). The summed E-state index contributed by atoms with van der Waals surface area (Å²) in [5.74, 6) is -1.26. The average Bonchev–Trinajstić information content (AvgIpc) is 3.25. The van der Waals surface area contributed by atoms with Gasteiger partial charge in [0.15, 0.2) is 0 Å². The van der Waals surface area contributed by atoms with Gasteiger partial charge in [-0.25, -0.2) is 13.2 Å². The van der Waals surface area contributed by atoms with Crippen molar-refractivity contribution in [2.75, 3.05) is 25.5 Å². The van der Waals surface area contributed by atoms with Gasteiger partial charge in [0.05, 0.1) is 18.6 Å². The minimum absolute atomic E-state index is 0.127. The second-order valence-electron chi connectivity index (χ2n) is 7.04. The summed E-state index contributed by atoms with van der Waals surface area (Å²) in [7, 11) is -2.31. The van der Waals surface area contributed by atoms with E-state index in [2.05, 4.69) is 5.32 Å². The summed E-state index contributed by atoms with van der Waals surface area (Å²) in [5, 5.41) is 3.28. The van der Waals surface area contributed by atoms with Crippen LogP contribution in [-0.2, 0) is 19.6 Å². The molecule has 0 aliphatic carbocycles. The Kier molecular flexibility index (Phi) is 6.47. The van der Waals surface area contributed by atoms with E-state index in [1.807, 2.05) is 20.8 Å². The highest BCUT2D eigenvalue weighted by Crippen LogP contribution is 2.34. The van der Waals surface area contributed by atoms with Crippen LogP contribution < -0.4 is 5.32 Å². The molecule has 1 N–H and O–H groups in total. The van der Waals surface area contributed by atoms with Gasteiger partial charge >= 0.3 is 5.97 Å². The molecule has 1 atom stereocenters. The van der Waals surface area contributed by atoms with Gasteiger partial charge in [-0.3, -0.25) is 4.79 Å².